The van der Waals surface area contributed by atoms with Crippen molar-refractivity contribution < 1.29 is 9.53 Å². The lowest BCUT2D eigenvalue weighted by Gasteiger charge is -2.15. The fraction of sp³-hybridized carbons (Fsp3) is 0.350. The van der Waals surface area contributed by atoms with E-state index in [0.717, 1.165) is 40.1 Å². The summed E-state index contributed by atoms with van der Waals surface area (Å²) in [5, 5.41) is 0.768. The summed E-state index contributed by atoms with van der Waals surface area (Å²) in [6.07, 6.45) is 2.00. The largest absolute Gasteiger partial charge is 0.497 e. The third kappa shape index (κ3) is 3.73. The number of nitrogens with two attached hydrogens (primary N) is 1. The van der Waals surface area contributed by atoms with E-state index in [9.17, 15) is 4.79 Å². The molecule has 0 aliphatic rings. The molecule has 0 bridgehead atoms. The van der Waals surface area contributed by atoms with Crippen LogP contribution in [0.5, 0.6) is 5.75 Å². The average Bonchev–Trinajstić information content (AvgIpc) is 3.02. The van der Waals surface area contributed by atoms with Gasteiger partial charge in [0.1, 0.15) is 15.5 Å². The van der Waals surface area contributed by atoms with E-state index in [1.54, 1.807) is 12.0 Å². The number of rotatable bonds is 6. The minimum Gasteiger partial charge on any atom is -0.497 e. The summed E-state index contributed by atoms with van der Waals surface area (Å²) >= 11 is 1.33. The Kier molecular flexibility index (Phi) is 5.60. The van der Waals surface area contributed by atoms with E-state index in [0.29, 0.717) is 22.9 Å². The van der Waals surface area contributed by atoms with Crippen molar-refractivity contribution in [2.45, 2.75) is 26.7 Å². The Bertz CT molecular complexity index is 966. The number of carbonyl (C=O) groups is 1. The van der Waals surface area contributed by atoms with Crippen LogP contribution in [0.2, 0.25) is 0 Å². The van der Waals surface area contributed by atoms with Crippen LogP contribution in [-0.2, 0) is 0 Å². The van der Waals surface area contributed by atoms with Gasteiger partial charge in [-0.15, -0.1) is 11.3 Å². The summed E-state index contributed by atoms with van der Waals surface area (Å²) in [6.45, 7) is 4.71. The molecule has 0 atom stereocenters. The molecule has 27 heavy (non-hydrogen) atoms. The normalized spacial score (nSPS) is 11.0. The molecule has 2 heterocycles. The number of nitrogen functional groups attached to an aromatic ring is 1. The highest BCUT2D eigenvalue weighted by Gasteiger charge is 2.22. The van der Waals surface area contributed by atoms with Gasteiger partial charge in [-0.1, -0.05) is 13.3 Å². The van der Waals surface area contributed by atoms with Crippen molar-refractivity contribution in [3.63, 3.8) is 0 Å². The molecule has 0 fully saturated rings. The molecule has 6 nitrogen and oxygen atoms in total. The first-order valence-electron chi connectivity index (χ1n) is 8.92. The van der Waals surface area contributed by atoms with Crippen molar-refractivity contribution in [1.29, 1.82) is 0 Å². The lowest BCUT2D eigenvalue weighted by Crippen LogP contribution is -2.27. The highest BCUT2D eigenvalue weighted by atomic mass is 32.1. The Morgan fingerprint density at radius 2 is 1.96 bits per heavy atom. The molecule has 3 aromatic rings. The Morgan fingerprint density at radius 1 is 1.26 bits per heavy atom. The van der Waals surface area contributed by atoms with Gasteiger partial charge in [0, 0.05) is 19.2 Å². The van der Waals surface area contributed by atoms with Gasteiger partial charge in [0.25, 0.3) is 5.91 Å². The number of ether oxygens (including phenoxy) is 1. The topological polar surface area (TPSA) is 81.3 Å². The highest BCUT2D eigenvalue weighted by molar-refractivity contribution is 7.21. The summed E-state index contributed by atoms with van der Waals surface area (Å²) in [6, 6.07) is 7.58. The van der Waals surface area contributed by atoms with E-state index in [1.807, 2.05) is 38.2 Å². The predicted molar refractivity (Wildman–Crippen MR) is 110 cm³/mol. The molecule has 3 rings (SSSR count). The Morgan fingerprint density at radius 3 is 2.59 bits per heavy atom. The second-order valence-electron chi connectivity index (χ2n) is 6.47. The predicted octanol–water partition coefficient (Wildman–Crippen LogP) is 4.13. The molecular formula is C20H24N4O2S. The monoisotopic (exact) mass is 384 g/mol. The molecule has 0 spiro atoms. The third-order valence-corrected chi connectivity index (χ3v) is 5.59. The fourth-order valence-electron chi connectivity index (χ4n) is 2.89. The Hall–Kier alpha value is -2.67. The van der Waals surface area contributed by atoms with Crippen LogP contribution in [-0.4, -0.2) is 41.5 Å². The van der Waals surface area contributed by atoms with Crippen LogP contribution in [0.3, 0.4) is 0 Å². The number of aromatic nitrogens is 2. The first kappa shape index (κ1) is 19.1. The number of unbranched alkanes of at least 4 members (excludes halogenated alkanes) is 1. The molecule has 0 saturated carbocycles. The molecule has 0 saturated heterocycles. The number of hydrogen-bond acceptors (Lipinski definition) is 6. The highest BCUT2D eigenvalue weighted by Crippen LogP contribution is 2.36. The van der Waals surface area contributed by atoms with Gasteiger partial charge in [0.05, 0.1) is 23.9 Å². The summed E-state index contributed by atoms with van der Waals surface area (Å²) in [4.78, 5) is 25.0. The summed E-state index contributed by atoms with van der Waals surface area (Å²) in [7, 11) is 3.44. The van der Waals surface area contributed by atoms with Gasteiger partial charge in [-0.05, 0) is 37.6 Å². The van der Waals surface area contributed by atoms with Crippen LogP contribution in [0.1, 0.15) is 35.1 Å². The molecule has 1 aromatic carbocycles. The maximum absolute atomic E-state index is 12.8. The van der Waals surface area contributed by atoms with Gasteiger partial charge < -0.3 is 15.4 Å². The first-order chi connectivity index (χ1) is 13.0. The second kappa shape index (κ2) is 7.92. The van der Waals surface area contributed by atoms with E-state index in [4.69, 9.17) is 10.5 Å². The summed E-state index contributed by atoms with van der Waals surface area (Å²) in [5.74, 6) is 1.33. The van der Waals surface area contributed by atoms with Gasteiger partial charge in [0.2, 0.25) is 0 Å². The molecule has 0 aliphatic carbocycles. The van der Waals surface area contributed by atoms with Crippen LogP contribution in [0.15, 0.2) is 24.3 Å². The molecule has 0 aliphatic heterocycles. The van der Waals surface area contributed by atoms with Crippen molar-refractivity contribution in [1.82, 2.24) is 14.9 Å². The number of fused-ring (bicyclic) bond motifs is 1. The summed E-state index contributed by atoms with van der Waals surface area (Å²) in [5.41, 5.74) is 8.44. The van der Waals surface area contributed by atoms with Gasteiger partial charge in [-0.3, -0.25) is 4.79 Å². The summed E-state index contributed by atoms with van der Waals surface area (Å²) < 4.78 is 5.20. The maximum Gasteiger partial charge on any atom is 0.265 e. The number of benzene rings is 1. The first-order valence-corrected chi connectivity index (χ1v) is 9.74. The van der Waals surface area contributed by atoms with Crippen LogP contribution in [0.25, 0.3) is 21.6 Å². The van der Waals surface area contributed by atoms with Crippen molar-refractivity contribution in [3.05, 3.63) is 34.8 Å². The number of methoxy groups -OCH3 is 1. The van der Waals surface area contributed by atoms with Crippen LogP contribution >= 0.6 is 11.3 Å². The molecule has 0 unspecified atom stereocenters. The van der Waals surface area contributed by atoms with Crippen LogP contribution in [0.4, 0.5) is 5.69 Å². The smallest absolute Gasteiger partial charge is 0.265 e. The molecule has 2 N–H and O–H groups in total. The van der Waals surface area contributed by atoms with E-state index in [2.05, 4.69) is 16.9 Å². The molecule has 7 heteroatoms. The third-order valence-electron chi connectivity index (χ3n) is 4.51. The van der Waals surface area contributed by atoms with Crippen molar-refractivity contribution in [2.24, 2.45) is 0 Å². The van der Waals surface area contributed by atoms with Crippen molar-refractivity contribution in [2.75, 3.05) is 26.4 Å². The number of anilines is 1. The van der Waals surface area contributed by atoms with E-state index >= 15 is 0 Å². The van der Waals surface area contributed by atoms with E-state index < -0.39 is 0 Å². The van der Waals surface area contributed by atoms with Crippen LogP contribution < -0.4 is 10.5 Å². The zero-order chi connectivity index (χ0) is 19.6. The number of aryl methyl sites for hydroxylation is 1. The van der Waals surface area contributed by atoms with Gasteiger partial charge >= 0.3 is 0 Å². The number of nitrogens with zero attached hydrogens (tertiary/aromatic N) is 3. The van der Waals surface area contributed by atoms with Crippen molar-refractivity contribution >= 4 is 33.1 Å². The average molecular weight is 385 g/mol. The minimum atomic E-state index is -0.0608. The fourth-order valence-corrected chi connectivity index (χ4v) is 4.03. The molecular weight excluding hydrogens is 360 g/mol. The second-order valence-corrected chi connectivity index (χ2v) is 7.47. The van der Waals surface area contributed by atoms with Gasteiger partial charge in [-0.25, -0.2) is 9.97 Å². The minimum absolute atomic E-state index is 0.0608. The van der Waals surface area contributed by atoms with E-state index in [1.165, 1.54) is 11.3 Å². The molecule has 2 aromatic heterocycles. The van der Waals surface area contributed by atoms with Crippen molar-refractivity contribution in [3.8, 4) is 17.1 Å². The number of hydrogen-bond donors (Lipinski definition) is 1. The SMILES string of the molecule is CCCCN(C)C(=O)c1sc2nc(-c3ccc(OC)cc3)nc(C)c2c1N. The lowest BCUT2D eigenvalue weighted by atomic mass is 10.2. The lowest BCUT2D eigenvalue weighted by molar-refractivity contribution is 0.0799. The standard InChI is InChI=1S/C20H24N4O2S/c1-5-6-11-24(3)20(25)17-16(21)15-12(2)22-18(23-19(15)27-17)13-7-9-14(26-4)10-8-13/h7-10H,5-6,11,21H2,1-4H3. The number of amides is 1. The Labute approximate surface area is 163 Å². The molecule has 142 valence electrons. The zero-order valence-electron chi connectivity index (χ0n) is 16.1. The number of carbonyl (C=O) groups excluding carboxylic acids is 1. The molecule has 1 amide bonds. The van der Waals surface area contributed by atoms with Crippen LogP contribution in [0, 0.1) is 6.92 Å². The number of thiophene rings is 1. The maximum atomic E-state index is 12.8. The quantitative estimate of drug-likeness (QED) is 0.691. The van der Waals surface area contributed by atoms with Gasteiger partial charge in [-0.2, -0.15) is 0 Å². The Balaban J connectivity index is 2.01. The van der Waals surface area contributed by atoms with E-state index in [-0.39, 0.29) is 5.91 Å². The van der Waals surface area contributed by atoms with Gasteiger partial charge in [0.15, 0.2) is 5.82 Å². The zero-order valence-corrected chi connectivity index (χ0v) is 16.9. The molecule has 0 radical (unpaired) electrons.